The van der Waals surface area contributed by atoms with Gasteiger partial charge in [-0.05, 0) is 37.3 Å². The van der Waals surface area contributed by atoms with Crippen molar-refractivity contribution in [2.75, 3.05) is 6.61 Å². The molecule has 0 saturated heterocycles. The molecule has 2 aromatic carbocycles. The van der Waals surface area contributed by atoms with E-state index in [1.54, 1.807) is 24.3 Å². The van der Waals surface area contributed by atoms with Crippen molar-refractivity contribution in [2.24, 2.45) is 5.73 Å². The van der Waals surface area contributed by atoms with Crippen LogP contribution in [0, 0.1) is 5.82 Å². The summed E-state index contributed by atoms with van der Waals surface area (Å²) in [5.41, 5.74) is 6.88. The third kappa shape index (κ3) is 4.17. The molecule has 9 heteroatoms. The summed E-state index contributed by atoms with van der Waals surface area (Å²) in [7, 11) is 0. The number of amides is 1. The van der Waals surface area contributed by atoms with E-state index in [-0.39, 0.29) is 17.3 Å². The zero-order valence-corrected chi connectivity index (χ0v) is 15.1. The van der Waals surface area contributed by atoms with Gasteiger partial charge in [0.25, 0.3) is 5.91 Å². The van der Waals surface area contributed by atoms with Crippen LogP contribution in [0.1, 0.15) is 23.0 Å². The number of primary amides is 1. The van der Waals surface area contributed by atoms with Gasteiger partial charge in [0.05, 0.1) is 11.6 Å². The van der Waals surface area contributed by atoms with Gasteiger partial charge in [-0.3, -0.25) is 4.79 Å². The highest BCUT2D eigenvalue weighted by atomic mass is 35.5. The van der Waals surface area contributed by atoms with Crippen molar-refractivity contribution >= 4 is 17.5 Å². The fourth-order valence-electron chi connectivity index (χ4n) is 2.44. The highest BCUT2D eigenvalue weighted by Gasteiger charge is 2.17. The van der Waals surface area contributed by atoms with E-state index in [4.69, 9.17) is 26.8 Å². The molecule has 3 aromatic rings. The molecule has 0 aliphatic rings. The third-order valence-corrected chi connectivity index (χ3v) is 4.05. The van der Waals surface area contributed by atoms with Crippen molar-refractivity contribution in [3.63, 3.8) is 0 Å². The average Bonchev–Trinajstić information content (AvgIpc) is 3.12. The minimum atomic E-state index is -0.692. The number of nitrogens with two attached hydrogens (primary N) is 1. The SMILES string of the molecule is CCOc1cc(-c2n[nH]nc2C(N)=O)ccc1OCc1ccc(F)cc1Cl. The Kier molecular flexibility index (Phi) is 5.56. The maximum atomic E-state index is 13.2. The van der Waals surface area contributed by atoms with Gasteiger partial charge < -0.3 is 15.2 Å². The van der Waals surface area contributed by atoms with E-state index in [1.807, 2.05) is 6.92 Å². The van der Waals surface area contributed by atoms with Gasteiger partial charge in [-0.25, -0.2) is 4.39 Å². The molecule has 1 aromatic heterocycles. The molecule has 1 heterocycles. The quantitative estimate of drug-likeness (QED) is 0.644. The molecule has 140 valence electrons. The maximum Gasteiger partial charge on any atom is 0.271 e. The molecule has 0 aliphatic heterocycles. The Balaban J connectivity index is 1.87. The molecule has 1 amide bonds. The van der Waals surface area contributed by atoms with E-state index in [2.05, 4.69) is 15.4 Å². The number of nitrogens with one attached hydrogen (secondary N) is 1. The van der Waals surface area contributed by atoms with Crippen LogP contribution in [0.5, 0.6) is 11.5 Å². The first-order valence-corrected chi connectivity index (χ1v) is 8.42. The molecule has 7 nitrogen and oxygen atoms in total. The van der Waals surface area contributed by atoms with Gasteiger partial charge in [0.15, 0.2) is 17.2 Å². The number of H-pyrrole nitrogens is 1. The number of rotatable bonds is 7. The normalized spacial score (nSPS) is 10.6. The Morgan fingerprint density at radius 3 is 2.70 bits per heavy atom. The molecule has 0 radical (unpaired) electrons. The molecule has 0 bridgehead atoms. The van der Waals surface area contributed by atoms with Crippen molar-refractivity contribution in [3.8, 4) is 22.8 Å². The number of carbonyl (C=O) groups is 1. The Morgan fingerprint density at radius 1 is 1.19 bits per heavy atom. The van der Waals surface area contributed by atoms with Crippen molar-refractivity contribution in [1.29, 1.82) is 0 Å². The highest BCUT2D eigenvalue weighted by Crippen LogP contribution is 2.34. The fourth-order valence-corrected chi connectivity index (χ4v) is 2.66. The lowest BCUT2D eigenvalue weighted by Crippen LogP contribution is -2.12. The second-order valence-corrected chi connectivity index (χ2v) is 5.91. The number of carbonyl (C=O) groups excluding carboxylic acids is 1. The van der Waals surface area contributed by atoms with Gasteiger partial charge in [-0.1, -0.05) is 17.7 Å². The molecule has 27 heavy (non-hydrogen) atoms. The van der Waals surface area contributed by atoms with Crippen LogP contribution in [0.15, 0.2) is 36.4 Å². The van der Waals surface area contributed by atoms with Gasteiger partial charge >= 0.3 is 0 Å². The first-order valence-electron chi connectivity index (χ1n) is 8.04. The molecule has 3 N–H and O–H groups in total. The average molecular weight is 391 g/mol. The van der Waals surface area contributed by atoms with Crippen LogP contribution < -0.4 is 15.2 Å². The number of hydrogen-bond acceptors (Lipinski definition) is 5. The molecule has 0 aliphatic carbocycles. The summed E-state index contributed by atoms with van der Waals surface area (Å²) in [5.74, 6) is -0.194. The van der Waals surface area contributed by atoms with E-state index in [0.29, 0.717) is 34.9 Å². The summed E-state index contributed by atoms with van der Waals surface area (Å²) in [6.07, 6.45) is 0. The number of aromatic nitrogens is 3. The minimum Gasteiger partial charge on any atom is -0.490 e. The summed E-state index contributed by atoms with van der Waals surface area (Å²) in [6, 6.07) is 9.15. The van der Waals surface area contributed by atoms with Crippen LogP contribution >= 0.6 is 11.6 Å². The van der Waals surface area contributed by atoms with Crippen LogP contribution in [-0.4, -0.2) is 27.9 Å². The second-order valence-electron chi connectivity index (χ2n) is 5.50. The van der Waals surface area contributed by atoms with Gasteiger partial charge in [-0.2, -0.15) is 15.4 Å². The Bertz CT molecular complexity index is 977. The number of hydrogen-bond donors (Lipinski definition) is 2. The standard InChI is InChI=1S/C18H16ClFN4O3/c1-2-26-15-7-10(16-17(18(21)25)23-24-22-16)4-6-14(15)27-9-11-3-5-12(20)8-13(11)19/h3-8H,2,9H2,1H3,(H2,21,25)(H,22,23,24). The fraction of sp³-hybridized carbons (Fsp3) is 0.167. The number of ether oxygens (including phenoxy) is 2. The largest absolute Gasteiger partial charge is 0.490 e. The molecular weight excluding hydrogens is 375 g/mol. The molecule has 3 rings (SSSR count). The molecular formula is C18H16ClFN4O3. The topological polar surface area (TPSA) is 103 Å². The van der Waals surface area contributed by atoms with Gasteiger partial charge in [0.2, 0.25) is 0 Å². The zero-order chi connectivity index (χ0) is 19.4. The summed E-state index contributed by atoms with van der Waals surface area (Å²) < 4.78 is 24.6. The Hall–Kier alpha value is -3.13. The second kappa shape index (κ2) is 8.05. The summed E-state index contributed by atoms with van der Waals surface area (Å²) in [5, 5.41) is 10.4. The number of nitrogens with zero attached hydrogens (tertiary/aromatic N) is 2. The van der Waals surface area contributed by atoms with Crippen LogP contribution in [0.25, 0.3) is 11.3 Å². The summed E-state index contributed by atoms with van der Waals surface area (Å²) in [6.45, 7) is 2.37. The van der Waals surface area contributed by atoms with Crippen LogP contribution in [0.2, 0.25) is 5.02 Å². The van der Waals surface area contributed by atoms with Crippen LogP contribution in [-0.2, 0) is 6.61 Å². The van der Waals surface area contributed by atoms with E-state index >= 15 is 0 Å². The summed E-state index contributed by atoms with van der Waals surface area (Å²) in [4.78, 5) is 11.5. The number of halogens is 2. The lowest BCUT2D eigenvalue weighted by molar-refractivity contribution is 0.0996. The predicted molar refractivity (Wildman–Crippen MR) is 97.2 cm³/mol. The van der Waals surface area contributed by atoms with Gasteiger partial charge in [-0.15, -0.1) is 0 Å². The lowest BCUT2D eigenvalue weighted by Gasteiger charge is -2.14. The van der Waals surface area contributed by atoms with Crippen LogP contribution in [0.3, 0.4) is 0 Å². The zero-order valence-electron chi connectivity index (χ0n) is 14.3. The molecule has 0 spiro atoms. The molecule has 0 unspecified atom stereocenters. The van der Waals surface area contributed by atoms with E-state index in [1.165, 1.54) is 12.1 Å². The predicted octanol–water partition coefficient (Wildman–Crippen LogP) is 3.34. The minimum absolute atomic E-state index is 0.0317. The molecule has 0 atom stereocenters. The third-order valence-electron chi connectivity index (χ3n) is 3.70. The van der Waals surface area contributed by atoms with Crippen molar-refractivity contribution in [3.05, 3.63) is 58.5 Å². The van der Waals surface area contributed by atoms with E-state index in [9.17, 15) is 9.18 Å². The van der Waals surface area contributed by atoms with Gasteiger partial charge in [0, 0.05) is 11.1 Å². The lowest BCUT2D eigenvalue weighted by atomic mass is 10.1. The Labute approximate surface area is 159 Å². The smallest absolute Gasteiger partial charge is 0.271 e. The number of benzene rings is 2. The van der Waals surface area contributed by atoms with Crippen LogP contribution in [0.4, 0.5) is 4.39 Å². The maximum absolute atomic E-state index is 13.2. The van der Waals surface area contributed by atoms with Crippen molar-refractivity contribution in [2.45, 2.75) is 13.5 Å². The van der Waals surface area contributed by atoms with E-state index < -0.39 is 11.7 Å². The van der Waals surface area contributed by atoms with Crippen molar-refractivity contribution < 1.29 is 18.7 Å². The monoisotopic (exact) mass is 390 g/mol. The van der Waals surface area contributed by atoms with Crippen molar-refractivity contribution in [1.82, 2.24) is 15.4 Å². The first-order chi connectivity index (χ1) is 13.0. The van der Waals surface area contributed by atoms with Gasteiger partial charge in [0.1, 0.15) is 18.1 Å². The summed E-state index contributed by atoms with van der Waals surface area (Å²) >= 11 is 6.02. The molecule has 0 fully saturated rings. The first kappa shape index (κ1) is 18.7. The van der Waals surface area contributed by atoms with E-state index in [0.717, 1.165) is 0 Å². The number of aromatic amines is 1. The highest BCUT2D eigenvalue weighted by molar-refractivity contribution is 6.31. The Morgan fingerprint density at radius 2 is 2.00 bits per heavy atom. The molecule has 0 saturated carbocycles.